The Hall–Kier alpha value is -2.25. The van der Waals surface area contributed by atoms with Crippen molar-refractivity contribution in [1.82, 2.24) is 0 Å². The Morgan fingerprint density at radius 3 is 2.25 bits per heavy atom. The van der Waals surface area contributed by atoms with Crippen molar-refractivity contribution in [2.45, 2.75) is 151 Å². The summed E-state index contributed by atoms with van der Waals surface area (Å²) in [6, 6.07) is 0. The highest BCUT2D eigenvalue weighted by Crippen LogP contribution is 2.75. The van der Waals surface area contributed by atoms with Crippen LogP contribution in [-0.4, -0.2) is 52.9 Å². The van der Waals surface area contributed by atoms with Gasteiger partial charge in [0.2, 0.25) is 0 Å². The summed E-state index contributed by atoms with van der Waals surface area (Å²) in [6.07, 6.45) is 11.5. The van der Waals surface area contributed by atoms with E-state index < -0.39 is 52.4 Å². The van der Waals surface area contributed by atoms with Crippen LogP contribution in [0.4, 0.5) is 0 Å². The van der Waals surface area contributed by atoms with Crippen molar-refractivity contribution < 1.29 is 34.1 Å². The van der Waals surface area contributed by atoms with E-state index in [2.05, 4.69) is 40.7 Å². The van der Waals surface area contributed by atoms with Gasteiger partial charge in [-0.05, 0) is 105 Å². The minimum absolute atomic E-state index is 0.0313. The quantitative estimate of drug-likeness (QED) is 0.124. The molecule has 0 aliphatic heterocycles. The number of aldehydes is 1. The van der Waals surface area contributed by atoms with Gasteiger partial charge < -0.3 is 24.5 Å². The molecule has 0 aromatic rings. The van der Waals surface area contributed by atoms with Gasteiger partial charge in [0.25, 0.3) is 0 Å². The highest BCUT2D eigenvalue weighted by atomic mass is 16.6. The average Bonchev–Trinajstić information content (AvgIpc) is 3.01. The van der Waals surface area contributed by atoms with Gasteiger partial charge in [-0.3, -0.25) is 0 Å². The lowest BCUT2D eigenvalue weighted by atomic mass is 9.33. The first-order valence-electron chi connectivity index (χ1n) is 18.6. The lowest BCUT2D eigenvalue weighted by Crippen LogP contribution is -2.72. The molecule has 0 amide bonds. The largest absolute Gasteiger partial charge is 0.454 e. The van der Waals surface area contributed by atoms with Gasteiger partial charge in [0, 0.05) is 17.1 Å². The molecule has 0 aromatic carbocycles. The minimum atomic E-state index is -1.48. The van der Waals surface area contributed by atoms with E-state index in [1.54, 1.807) is 26.0 Å². The Bertz CT molecular complexity index is 1390. The van der Waals surface area contributed by atoms with Crippen LogP contribution in [0.3, 0.4) is 0 Å². The summed E-state index contributed by atoms with van der Waals surface area (Å²) in [5.41, 5.74) is -1.25. The number of unbranched alkanes of at least 4 members (excludes halogenated alkanes) is 1. The zero-order valence-corrected chi connectivity index (χ0v) is 31.2. The topological polar surface area (TPSA) is 110 Å². The van der Waals surface area contributed by atoms with Crippen molar-refractivity contribution in [3.63, 3.8) is 0 Å². The van der Waals surface area contributed by atoms with Gasteiger partial charge in [0.15, 0.2) is 6.10 Å². The van der Waals surface area contributed by atoms with Gasteiger partial charge in [-0.2, -0.15) is 0 Å². The molecule has 2 N–H and O–H groups in total. The van der Waals surface area contributed by atoms with Gasteiger partial charge in [-0.1, -0.05) is 85.6 Å². The standard InChI is InChI=1S/C41H62O7/c1-11-13-14-15-32(45)47-34-33(48-35(46)25(3)12-2)36(4,5)22-27-26-16-17-29-38(8)20-19-30(43)37(6,7)28(38)18-21-39(29,9)40(26,10)23-31(44)41(27,34)24-42/h12,14-16,24,27-31,33-34,43-44H,11,13,17-23H2,1-10H3/b15-14-,25-12-/t27-,28?,29+,30-,31+,33-,34-,38-,39+,40+,41-/m0/s1. The maximum absolute atomic E-state index is 13.7. The summed E-state index contributed by atoms with van der Waals surface area (Å²) in [7, 11) is 0. The van der Waals surface area contributed by atoms with Crippen LogP contribution in [0.5, 0.6) is 0 Å². The summed E-state index contributed by atoms with van der Waals surface area (Å²) in [5, 5.41) is 23.6. The van der Waals surface area contributed by atoms with Gasteiger partial charge in [0.1, 0.15) is 12.4 Å². The lowest BCUT2D eigenvalue weighted by molar-refractivity contribution is -0.248. The number of carbonyl (C=O) groups is 3. The fourth-order valence-corrected chi connectivity index (χ4v) is 11.9. The van der Waals surface area contributed by atoms with E-state index in [0.29, 0.717) is 36.7 Å². The van der Waals surface area contributed by atoms with E-state index in [-0.39, 0.29) is 22.3 Å². The third-order valence-electron chi connectivity index (χ3n) is 15.1. The number of allylic oxidation sites excluding steroid dienone is 4. The summed E-state index contributed by atoms with van der Waals surface area (Å²) in [5.74, 6) is -0.783. The van der Waals surface area contributed by atoms with Crippen molar-refractivity contribution in [2.24, 2.45) is 50.2 Å². The molecular weight excluding hydrogens is 604 g/mol. The number of carbonyl (C=O) groups excluding carboxylic acids is 3. The normalized spacial score (nSPS) is 44.7. The van der Waals surface area contributed by atoms with E-state index in [9.17, 15) is 24.6 Å². The molecule has 0 aromatic heterocycles. The Kier molecular flexibility index (Phi) is 9.65. The Morgan fingerprint density at radius 2 is 1.62 bits per heavy atom. The predicted octanol–water partition coefficient (Wildman–Crippen LogP) is 7.68. The fraction of sp³-hybridized carbons (Fsp3) is 0.780. The first kappa shape index (κ1) is 37.0. The van der Waals surface area contributed by atoms with Crippen LogP contribution in [0, 0.1) is 50.2 Å². The number of aliphatic hydroxyl groups excluding tert-OH is 2. The number of hydrogen-bond donors (Lipinski definition) is 2. The third kappa shape index (κ3) is 5.22. The van der Waals surface area contributed by atoms with Crippen molar-refractivity contribution in [1.29, 1.82) is 0 Å². The Labute approximate surface area is 289 Å². The van der Waals surface area contributed by atoms with Crippen LogP contribution < -0.4 is 0 Å². The van der Waals surface area contributed by atoms with Gasteiger partial charge in [-0.15, -0.1) is 0 Å². The number of ether oxygens (including phenoxy) is 2. The van der Waals surface area contributed by atoms with E-state index in [1.807, 2.05) is 20.8 Å². The molecule has 7 heteroatoms. The first-order valence-corrected chi connectivity index (χ1v) is 18.6. The molecular formula is C41H62O7. The number of rotatable bonds is 7. The second-order valence-electron chi connectivity index (χ2n) is 18.1. The first-order chi connectivity index (χ1) is 22.3. The summed E-state index contributed by atoms with van der Waals surface area (Å²) in [4.78, 5) is 40.4. The zero-order chi connectivity index (χ0) is 35.7. The van der Waals surface area contributed by atoms with E-state index in [4.69, 9.17) is 9.47 Å². The summed E-state index contributed by atoms with van der Waals surface area (Å²) >= 11 is 0. The molecule has 4 saturated carbocycles. The molecule has 0 bridgehead atoms. The number of esters is 2. The summed E-state index contributed by atoms with van der Waals surface area (Å²) in [6.45, 7) is 21.1. The Balaban J connectivity index is 1.63. The van der Waals surface area contributed by atoms with Gasteiger partial charge >= 0.3 is 11.9 Å². The fourth-order valence-electron chi connectivity index (χ4n) is 11.9. The van der Waals surface area contributed by atoms with E-state index in [1.165, 1.54) is 11.6 Å². The smallest absolute Gasteiger partial charge is 0.333 e. The molecule has 48 heavy (non-hydrogen) atoms. The lowest BCUT2D eigenvalue weighted by Gasteiger charge is -2.72. The maximum Gasteiger partial charge on any atom is 0.333 e. The second-order valence-corrected chi connectivity index (χ2v) is 18.1. The molecule has 5 aliphatic rings. The van der Waals surface area contributed by atoms with Crippen molar-refractivity contribution >= 4 is 18.2 Å². The van der Waals surface area contributed by atoms with Crippen molar-refractivity contribution in [3.05, 3.63) is 35.5 Å². The van der Waals surface area contributed by atoms with Crippen molar-refractivity contribution in [2.75, 3.05) is 0 Å². The number of aliphatic hydroxyl groups is 2. The van der Waals surface area contributed by atoms with Crippen LogP contribution in [0.25, 0.3) is 0 Å². The molecule has 0 saturated heterocycles. The molecule has 0 heterocycles. The SMILES string of the molecule is C/C=C(/C)C(=O)O[C@H]1[C@H](OC(=O)/C=C\CCC)[C@]2(C=O)[C@H](O)C[C@]3(C)C(=CC[C@@H]4[C@@]5(C)CC[C@H](O)C(C)(C)C5CC[C@]43C)[C@@H]2CC1(C)C. The number of fused-ring (bicyclic) bond motifs is 7. The average molecular weight is 667 g/mol. The van der Waals surface area contributed by atoms with Gasteiger partial charge in [0.05, 0.1) is 17.6 Å². The molecule has 268 valence electrons. The van der Waals surface area contributed by atoms with Crippen LogP contribution in [0.15, 0.2) is 35.5 Å². The van der Waals surface area contributed by atoms with Crippen LogP contribution in [0.2, 0.25) is 0 Å². The highest BCUT2D eigenvalue weighted by molar-refractivity contribution is 5.88. The van der Waals surface area contributed by atoms with Crippen LogP contribution >= 0.6 is 0 Å². The predicted molar refractivity (Wildman–Crippen MR) is 187 cm³/mol. The van der Waals surface area contributed by atoms with E-state index in [0.717, 1.165) is 44.8 Å². The third-order valence-corrected chi connectivity index (χ3v) is 15.1. The maximum atomic E-state index is 13.7. The molecule has 1 unspecified atom stereocenters. The van der Waals surface area contributed by atoms with Crippen LogP contribution in [-0.2, 0) is 23.9 Å². The second kappa shape index (κ2) is 12.5. The zero-order valence-electron chi connectivity index (χ0n) is 31.2. The molecule has 7 nitrogen and oxygen atoms in total. The van der Waals surface area contributed by atoms with Gasteiger partial charge in [-0.25, -0.2) is 9.59 Å². The number of hydrogen-bond acceptors (Lipinski definition) is 7. The molecule has 0 radical (unpaired) electrons. The Morgan fingerprint density at radius 1 is 0.938 bits per heavy atom. The molecule has 4 fully saturated rings. The molecule has 0 spiro atoms. The monoisotopic (exact) mass is 666 g/mol. The molecule has 11 atom stereocenters. The molecule has 5 aliphatic carbocycles. The molecule has 5 rings (SSSR count). The summed E-state index contributed by atoms with van der Waals surface area (Å²) < 4.78 is 12.4. The van der Waals surface area contributed by atoms with Crippen LogP contribution in [0.1, 0.15) is 127 Å². The minimum Gasteiger partial charge on any atom is -0.454 e. The van der Waals surface area contributed by atoms with E-state index >= 15 is 0 Å². The van der Waals surface area contributed by atoms with Crippen molar-refractivity contribution in [3.8, 4) is 0 Å². The highest BCUT2D eigenvalue weighted by Gasteiger charge is 2.73.